The minimum absolute atomic E-state index is 0.211. The van der Waals surface area contributed by atoms with Gasteiger partial charge in [0.15, 0.2) is 0 Å². The number of hydrogen-bond donors (Lipinski definition) is 3. The third-order valence-corrected chi connectivity index (χ3v) is 7.39. The van der Waals surface area contributed by atoms with Crippen LogP contribution >= 0.6 is 11.6 Å². The summed E-state index contributed by atoms with van der Waals surface area (Å²) in [6.45, 7) is 4.67. The number of nitrogens with one attached hydrogen (secondary N) is 2. The van der Waals surface area contributed by atoms with Gasteiger partial charge in [-0.2, -0.15) is 0 Å². The van der Waals surface area contributed by atoms with Crippen molar-refractivity contribution in [3.8, 4) is 11.3 Å². The third-order valence-electron chi connectivity index (χ3n) is 7.12. The number of carbonyl (C=O) groups is 2. The largest absolute Gasteiger partial charge is 0.391 e. The Bertz CT molecular complexity index is 1410. The van der Waals surface area contributed by atoms with Crippen LogP contribution in [-0.2, 0) is 16.1 Å². The van der Waals surface area contributed by atoms with Crippen molar-refractivity contribution in [2.45, 2.75) is 51.4 Å². The molecule has 9 nitrogen and oxygen atoms in total. The van der Waals surface area contributed by atoms with Crippen LogP contribution in [0.3, 0.4) is 0 Å². The molecule has 210 valence electrons. The minimum atomic E-state index is -0.970. The van der Waals surface area contributed by atoms with E-state index in [0.717, 1.165) is 18.4 Å². The lowest BCUT2D eigenvalue weighted by Gasteiger charge is -2.24. The Kier molecular flexibility index (Phi) is 8.30. The summed E-state index contributed by atoms with van der Waals surface area (Å²) < 4.78 is 19.4. The molecule has 2 aliphatic heterocycles. The van der Waals surface area contributed by atoms with E-state index >= 15 is 0 Å². The van der Waals surface area contributed by atoms with Gasteiger partial charge in [-0.1, -0.05) is 29.8 Å². The summed E-state index contributed by atoms with van der Waals surface area (Å²) in [5.41, 5.74) is 3.53. The van der Waals surface area contributed by atoms with E-state index < -0.39 is 23.9 Å². The molecule has 0 spiro atoms. The highest BCUT2D eigenvalue weighted by Crippen LogP contribution is 2.32. The van der Waals surface area contributed by atoms with Crippen LogP contribution in [0.15, 0.2) is 42.6 Å². The molecule has 0 saturated carbocycles. The number of ether oxygens (including phenoxy) is 1. The highest BCUT2D eigenvalue weighted by Gasteiger charge is 2.31. The predicted molar refractivity (Wildman–Crippen MR) is 148 cm³/mol. The maximum absolute atomic E-state index is 14.0. The molecule has 2 aliphatic rings. The first-order chi connectivity index (χ1) is 19.2. The number of anilines is 1. The van der Waals surface area contributed by atoms with E-state index in [1.54, 1.807) is 19.1 Å². The average molecular weight is 568 g/mol. The number of rotatable bonds is 8. The molecule has 11 heteroatoms. The molecule has 3 N–H and O–H groups in total. The van der Waals surface area contributed by atoms with Crippen LogP contribution in [0.25, 0.3) is 11.3 Å². The number of aromatic nitrogens is 2. The van der Waals surface area contributed by atoms with Crippen molar-refractivity contribution in [1.29, 1.82) is 0 Å². The van der Waals surface area contributed by atoms with Crippen LogP contribution in [0.4, 0.5) is 10.3 Å². The first-order valence-corrected chi connectivity index (χ1v) is 13.6. The van der Waals surface area contributed by atoms with E-state index in [9.17, 15) is 19.1 Å². The summed E-state index contributed by atoms with van der Waals surface area (Å²) in [5.74, 6) is -0.756. The van der Waals surface area contributed by atoms with E-state index in [4.69, 9.17) is 16.3 Å². The number of aliphatic hydroxyl groups is 1. The van der Waals surface area contributed by atoms with E-state index in [1.165, 1.54) is 30.2 Å². The van der Waals surface area contributed by atoms with Crippen molar-refractivity contribution < 1.29 is 23.8 Å². The molecule has 2 atom stereocenters. The molecule has 40 heavy (non-hydrogen) atoms. The number of aliphatic hydroxyl groups excluding tert-OH is 1. The lowest BCUT2D eigenvalue weighted by atomic mass is 10.00. The third kappa shape index (κ3) is 6.24. The Hall–Kier alpha value is -3.60. The number of amides is 2. The summed E-state index contributed by atoms with van der Waals surface area (Å²) in [7, 11) is 0. The molecule has 2 amide bonds. The highest BCUT2D eigenvalue weighted by molar-refractivity contribution is 6.33. The van der Waals surface area contributed by atoms with E-state index in [1.807, 2.05) is 12.1 Å². The number of aryl methyl sites for hydroxylation is 1. The quantitative estimate of drug-likeness (QED) is 0.376. The number of carbonyl (C=O) groups excluding carboxylic acids is 2. The van der Waals surface area contributed by atoms with Crippen LogP contribution in [-0.4, -0.2) is 63.7 Å². The molecule has 0 radical (unpaired) electrons. The number of hydrogen-bond acceptors (Lipinski definition) is 7. The SMILES string of the molecule is Cc1cc(F)cc(C(NC(=O)CN2Cc3ccc(-c4nc(NC5CCOCC5)ncc4Cl)cc3C2=O)C(C)O)c1. The zero-order valence-corrected chi connectivity index (χ0v) is 23.0. The molecule has 5 rings (SSSR count). The van der Waals surface area contributed by atoms with Crippen molar-refractivity contribution in [3.63, 3.8) is 0 Å². The van der Waals surface area contributed by atoms with Gasteiger partial charge >= 0.3 is 0 Å². The standard InChI is InChI=1S/C29H31ClFN5O4/c1-16-9-20(11-21(31)10-16)26(17(2)37)34-25(38)15-36-14-19-4-3-18(12-23(19)28(36)39)27-24(30)13-32-29(35-27)33-22-5-7-40-8-6-22/h3-4,9-13,17,22,26,37H,5-8,14-15H2,1-2H3,(H,34,38)(H,32,33,35). The van der Waals surface area contributed by atoms with Gasteiger partial charge in [0, 0.05) is 36.9 Å². The van der Waals surface area contributed by atoms with Crippen molar-refractivity contribution in [1.82, 2.24) is 20.2 Å². The van der Waals surface area contributed by atoms with Crippen molar-refractivity contribution in [3.05, 3.63) is 75.7 Å². The second-order valence-electron chi connectivity index (χ2n) is 10.3. The van der Waals surface area contributed by atoms with Crippen molar-refractivity contribution in [2.24, 2.45) is 0 Å². The average Bonchev–Trinajstić information content (AvgIpc) is 3.22. The van der Waals surface area contributed by atoms with Gasteiger partial charge in [0.1, 0.15) is 12.4 Å². The summed E-state index contributed by atoms with van der Waals surface area (Å²) in [6, 6.07) is 9.16. The number of benzene rings is 2. The molecule has 0 aliphatic carbocycles. The second kappa shape index (κ2) is 11.9. The van der Waals surface area contributed by atoms with Gasteiger partial charge in [-0.15, -0.1) is 0 Å². The number of nitrogens with zero attached hydrogens (tertiary/aromatic N) is 3. The Balaban J connectivity index is 1.29. The Morgan fingerprint density at radius 2 is 2.02 bits per heavy atom. The van der Waals surface area contributed by atoms with Gasteiger partial charge in [-0.3, -0.25) is 9.59 Å². The molecule has 3 heterocycles. The van der Waals surface area contributed by atoms with Crippen molar-refractivity contribution >= 4 is 29.4 Å². The normalized spacial score (nSPS) is 16.9. The van der Waals surface area contributed by atoms with Gasteiger partial charge in [0.05, 0.1) is 29.1 Å². The van der Waals surface area contributed by atoms with Gasteiger partial charge in [0.2, 0.25) is 11.9 Å². The molecular formula is C29H31ClFN5O4. The topological polar surface area (TPSA) is 117 Å². The molecule has 1 aromatic heterocycles. The predicted octanol–water partition coefficient (Wildman–Crippen LogP) is 4.03. The van der Waals surface area contributed by atoms with Crippen LogP contribution in [0, 0.1) is 12.7 Å². The zero-order valence-electron chi connectivity index (χ0n) is 22.3. The summed E-state index contributed by atoms with van der Waals surface area (Å²) >= 11 is 6.44. The van der Waals surface area contributed by atoms with Crippen molar-refractivity contribution in [2.75, 3.05) is 25.1 Å². The van der Waals surface area contributed by atoms with Crippen LogP contribution in [0.5, 0.6) is 0 Å². The first kappa shape index (κ1) is 27.9. The van der Waals surface area contributed by atoms with Crippen LogP contribution in [0.1, 0.15) is 52.9 Å². The maximum atomic E-state index is 14.0. The van der Waals surface area contributed by atoms with E-state index in [-0.39, 0.29) is 25.0 Å². The smallest absolute Gasteiger partial charge is 0.254 e. The van der Waals surface area contributed by atoms with Crippen LogP contribution in [0.2, 0.25) is 5.02 Å². The van der Waals surface area contributed by atoms with Gasteiger partial charge in [-0.05, 0) is 61.6 Å². The fourth-order valence-electron chi connectivity index (χ4n) is 5.12. The number of fused-ring (bicyclic) bond motifs is 1. The monoisotopic (exact) mass is 567 g/mol. The molecule has 1 fully saturated rings. The van der Waals surface area contributed by atoms with Gasteiger partial charge < -0.3 is 25.4 Å². The highest BCUT2D eigenvalue weighted by atomic mass is 35.5. The minimum Gasteiger partial charge on any atom is -0.391 e. The Labute approximate surface area is 236 Å². The zero-order chi connectivity index (χ0) is 28.4. The maximum Gasteiger partial charge on any atom is 0.254 e. The molecule has 2 unspecified atom stereocenters. The van der Waals surface area contributed by atoms with E-state index in [2.05, 4.69) is 20.6 Å². The summed E-state index contributed by atoms with van der Waals surface area (Å²) in [6.07, 6.45) is 2.29. The Morgan fingerprint density at radius 3 is 2.75 bits per heavy atom. The Morgan fingerprint density at radius 1 is 1.25 bits per heavy atom. The lowest BCUT2D eigenvalue weighted by Crippen LogP contribution is -2.42. The fourth-order valence-corrected chi connectivity index (χ4v) is 5.32. The molecule has 2 aromatic carbocycles. The first-order valence-electron chi connectivity index (χ1n) is 13.2. The van der Waals surface area contributed by atoms with Gasteiger partial charge in [-0.25, -0.2) is 14.4 Å². The summed E-state index contributed by atoms with van der Waals surface area (Å²) in [4.78, 5) is 36.5. The summed E-state index contributed by atoms with van der Waals surface area (Å²) in [5, 5.41) is 16.7. The molecule has 0 bridgehead atoms. The number of halogens is 2. The second-order valence-corrected chi connectivity index (χ2v) is 10.7. The van der Waals surface area contributed by atoms with E-state index in [0.29, 0.717) is 52.1 Å². The molecular weight excluding hydrogens is 537 g/mol. The molecule has 3 aromatic rings. The van der Waals surface area contributed by atoms with Gasteiger partial charge in [0.25, 0.3) is 5.91 Å². The fraction of sp³-hybridized carbons (Fsp3) is 0.379. The lowest BCUT2D eigenvalue weighted by molar-refractivity contribution is -0.123. The molecule has 1 saturated heterocycles. The van der Waals surface area contributed by atoms with Crippen LogP contribution < -0.4 is 10.6 Å².